The molecule has 3 aromatic heterocycles. The Kier molecular flexibility index (Phi) is 4.29. The first kappa shape index (κ1) is 18.4. The number of fused-ring (bicyclic) bond motifs is 2. The van der Waals surface area contributed by atoms with Gasteiger partial charge in [-0.25, -0.2) is 14.4 Å². The molecule has 1 aliphatic heterocycles. The minimum absolute atomic E-state index is 0.125. The zero-order valence-electron chi connectivity index (χ0n) is 15.4. The molecule has 0 spiro atoms. The van der Waals surface area contributed by atoms with Gasteiger partial charge in [0.1, 0.15) is 5.82 Å². The van der Waals surface area contributed by atoms with Crippen LogP contribution in [0, 0.1) is 15.9 Å². The Balaban J connectivity index is 1.76. The molecule has 7 nitrogen and oxygen atoms in total. The highest BCUT2D eigenvalue weighted by molar-refractivity contribution is 6.30. The SMILES string of the molecule is O=[N+]([O-])C1CN(c2cc(-c3cc(Cl)ccc3F)nc3ncccc23)c2ccncc21. The van der Waals surface area contributed by atoms with Crippen LogP contribution < -0.4 is 4.90 Å². The molecule has 9 heteroatoms. The Hall–Kier alpha value is -3.65. The third-order valence-corrected chi connectivity index (χ3v) is 5.38. The maximum atomic E-state index is 14.5. The van der Waals surface area contributed by atoms with E-state index in [4.69, 9.17) is 11.6 Å². The Morgan fingerprint density at radius 2 is 2.03 bits per heavy atom. The van der Waals surface area contributed by atoms with E-state index in [-0.39, 0.29) is 17.0 Å². The van der Waals surface area contributed by atoms with Gasteiger partial charge >= 0.3 is 0 Å². The Bertz CT molecular complexity index is 1320. The fourth-order valence-corrected chi connectivity index (χ4v) is 3.95. The second-order valence-electron chi connectivity index (χ2n) is 6.87. The summed E-state index contributed by atoms with van der Waals surface area (Å²) in [6, 6.07) is 10.4. The Morgan fingerprint density at radius 1 is 1.17 bits per heavy atom. The molecular weight excluding hydrogens is 409 g/mol. The maximum Gasteiger partial charge on any atom is 0.259 e. The Morgan fingerprint density at radius 3 is 2.87 bits per heavy atom. The van der Waals surface area contributed by atoms with Crippen molar-refractivity contribution in [3.63, 3.8) is 0 Å². The minimum Gasteiger partial charge on any atom is -0.333 e. The lowest BCUT2D eigenvalue weighted by Crippen LogP contribution is -2.20. The summed E-state index contributed by atoms with van der Waals surface area (Å²) in [6.45, 7) is 0.125. The number of aromatic nitrogens is 3. The van der Waals surface area contributed by atoms with Crippen molar-refractivity contribution in [3.05, 3.63) is 87.6 Å². The molecule has 0 saturated heterocycles. The van der Waals surface area contributed by atoms with Crippen molar-refractivity contribution in [3.8, 4) is 11.3 Å². The molecule has 0 radical (unpaired) electrons. The van der Waals surface area contributed by atoms with Crippen LogP contribution in [0.25, 0.3) is 22.3 Å². The highest BCUT2D eigenvalue weighted by Crippen LogP contribution is 2.43. The van der Waals surface area contributed by atoms with Gasteiger partial charge in [0.2, 0.25) is 0 Å². The van der Waals surface area contributed by atoms with Gasteiger partial charge in [-0.2, -0.15) is 0 Å². The first-order valence-corrected chi connectivity index (χ1v) is 9.47. The number of benzene rings is 1. The molecule has 0 amide bonds. The summed E-state index contributed by atoms with van der Waals surface area (Å²) in [4.78, 5) is 26.0. The predicted octanol–water partition coefficient (Wildman–Crippen LogP) is 4.95. The largest absolute Gasteiger partial charge is 0.333 e. The van der Waals surface area contributed by atoms with Crippen LogP contribution >= 0.6 is 11.6 Å². The fraction of sp³-hybridized carbons (Fsp3) is 0.0952. The van der Waals surface area contributed by atoms with E-state index >= 15 is 0 Å². The van der Waals surface area contributed by atoms with Gasteiger partial charge in [0.05, 0.1) is 29.2 Å². The lowest BCUT2D eigenvalue weighted by molar-refractivity contribution is -0.524. The van der Waals surface area contributed by atoms with E-state index in [1.54, 1.807) is 30.6 Å². The smallest absolute Gasteiger partial charge is 0.259 e. The van der Waals surface area contributed by atoms with E-state index in [9.17, 15) is 14.5 Å². The molecule has 1 unspecified atom stereocenters. The van der Waals surface area contributed by atoms with E-state index in [1.807, 2.05) is 11.0 Å². The van der Waals surface area contributed by atoms with Gasteiger partial charge in [-0.1, -0.05) is 11.6 Å². The Labute approximate surface area is 174 Å². The van der Waals surface area contributed by atoms with E-state index in [0.29, 0.717) is 38.7 Å². The summed E-state index contributed by atoms with van der Waals surface area (Å²) in [5, 5.41) is 12.7. The number of hydrogen-bond donors (Lipinski definition) is 0. The third kappa shape index (κ3) is 2.93. The van der Waals surface area contributed by atoms with Gasteiger partial charge in [0.15, 0.2) is 5.65 Å². The van der Waals surface area contributed by atoms with Crippen LogP contribution in [-0.4, -0.2) is 26.4 Å². The highest BCUT2D eigenvalue weighted by Gasteiger charge is 2.38. The number of nitro groups is 1. The number of anilines is 2. The van der Waals surface area contributed by atoms with Gasteiger partial charge in [0.25, 0.3) is 6.04 Å². The molecule has 0 aliphatic carbocycles. The van der Waals surface area contributed by atoms with Crippen LogP contribution in [0.15, 0.2) is 61.1 Å². The fourth-order valence-electron chi connectivity index (χ4n) is 3.77. The summed E-state index contributed by atoms with van der Waals surface area (Å²) in [5.41, 5.74) is 2.85. The zero-order chi connectivity index (χ0) is 20.8. The molecule has 0 saturated carbocycles. The number of halogens is 2. The lowest BCUT2D eigenvalue weighted by Gasteiger charge is -2.21. The maximum absolute atomic E-state index is 14.5. The molecule has 1 aliphatic rings. The van der Waals surface area contributed by atoms with E-state index in [2.05, 4.69) is 15.0 Å². The van der Waals surface area contributed by atoms with Crippen LogP contribution in [0.5, 0.6) is 0 Å². The van der Waals surface area contributed by atoms with Crippen molar-refractivity contribution in [2.75, 3.05) is 11.4 Å². The number of hydrogen-bond acceptors (Lipinski definition) is 6. The van der Waals surface area contributed by atoms with Crippen molar-refractivity contribution in [1.82, 2.24) is 15.0 Å². The normalized spacial score (nSPS) is 15.4. The standard InChI is InChI=1S/C21H13ClFN5O2/c22-12-3-4-16(23)14(8-12)17-9-19(13-2-1-6-25-21(13)26-17)27-11-20(28(29)30)15-10-24-7-5-18(15)27/h1-10,20H,11H2. The average molecular weight is 422 g/mol. The number of nitrogens with zero attached hydrogens (tertiary/aromatic N) is 5. The number of rotatable bonds is 3. The van der Waals surface area contributed by atoms with Crippen LogP contribution in [-0.2, 0) is 0 Å². The van der Waals surface area contributed by atoms with Gasteiger partial charge in [-0.15, -0.1) is 0 Å². The molecule has 4 heterocycles. The van der Waals surface area contributed by atoms with Gasteiger partial charge in [-0.05, 0) is 42.5 Å². The van der Waals surface area contributed by atoms with Crippen LogP contribution in [0.4, 0.5) is 15.8 Å². The van der Waals surface area contributed by atoms with Gasteiger partial charge in [0, 0.05) is 39.5 Å². The molecule has 0 bridgehead atoms. The van der Waals surface area contributed by atoms with Gasteiger partial charge in [-0.3, -0.25) is 15.1 Å². The molecular formula is C21H13ClFN5O2. The molecule has 0 fully saturated rings. The lowest BCUT2D eigenvalue weighted by atomic mass is 10.1. The van der Waals surface area contributed by atoms with E-state index in [1.165, 1.54) is 24.4 Å². The molecule has 148 valence electrons. The van der Waals surface area contributed by atoms with Gasteiger partial charge < -0.3 is 4.90 Å². The van der Waals surface area contributed by atoms with E-state index in [0.717, 1.165) is 0 Å². The number of pyridine rings is 3. The van der Waals surface area contributed by atoms with Crippen LogP contribution in [0.2, 0.25) is 5.02 Å². The van der Waals surface area contributed by atoms with Crippen LogP contribution in [0.1, 0.15) is 11.6 Å². The zero-order valence-corrected chi connectivity index (χ0v) is 16.1. The quantitative estimate of drug-likeness (QED) is 0.343. The summed E-state index contributed by atoms with van der Waals surface area (Å²) in [5.74, 6) is -0.470. The molecule has 0 N–H and O–H groups in total. The molecule has 1 atom stereocenters. The topological polar surface area (TPSA) is 85.0 Å². The summed E-state index contributed by atoms with van der Waals surface area (Å²) >= 11 is 6.07. The second kappa shape index (κ2) is 7.00. The molecule has 30 heavy (non-hydrogen) atoms. The monoisotopic (exact) mass is 421 g/mol. The molecule has 5 rings (SSSR count). The summed E-state index contributed by atoms with van der Waals surface area (Å²) < 4.78 is 14.5. The summed E-state index contributed by atoms with van der Waals surface area (Å²) in [7, 11) is 0. The van der Waals surface area contributed by atoms with Crippen molar-refractivity contribution in [2.24, 2.45) is 0 Å². The minimum atomic E-state index is -0.917. The van der Waals surface area contributed by atoms with Crippen molar-refractivity contribution >= 4 is 34.0 Å². The van der Waals surface area contributed by atoms with Crippen LogP contribution in [0.3, 0.4) is 0 Å². The average Bonchev–Trinajstić information content (AvgIpc) is 3.14. The third-order valence-electron chi connectivity index (χ3n) is 5.15. The molecule has 4 aromatic rings. The summed E-state index contributed by atoms with van der Waals surface area (Å²) in [6.07, 6.45) is 4.70. The second-order valence-corrected chi connectivity index (χ2v) is 7.31. The van der Waals surface area contributed by atoms with Crippen molar-refractivity contribution < 1.29 is 9.31 Å². The predicted molar refractivity (Wildman–Crippen MR) is 111 cm³/mol. The van der Waals surface area contributed by atoms with Crippen molar-refractivity contribution in [1.29, 1.82) is 0 Å². The van der Waals surface area contributed by atoms with Crippen molar-refractivity contribution in [2.45, 2.75) is 6.04 Å². The van der Waals surface area contributed by atoms with E-state index < -0.39 is 11.9 Å². The first-order chi connectivity index (χ1) is 14.5. The molecule has 1 aromatic carbocycles. The highest BCUT2D eigenvalue weighted by atomic mass is 35.5. The first-order valence-electron chi connectivity index (χ1n) is 9.09.